The Bertz CT molecular complexity index is 4560. The Morgan fingerprint density at radius 3 is 0.660 bits per heavy atom. The Morgan fingerprint density at radius 2 is 0.402 bits per heavy atom. The number of benzene rings is 13. The summed E-state index contributed by atoms with van der Waals surface area (Å²) in [6.45, 7) is 27.4. The lowest BCUT2D eigenvalue weighted by Gasteiger charge is -2.45. The lowest BCUT2D eigenvalue weighted by molar-refractivity contribution is 0.590. The summed E-state index contributed by atoms with van der Waals surface area (Å²) in [5, 5.41) is 0. The van der Waals surface area contributed by atoms with Gasteiger partial charge in [0.25, 0.3) is 6.71 Å². The first kappa shape index (κ1) is 62.6. The molecule has 0 fully saturated rings. The van der Waals surface area contributed by atoms with E-state index in [0.717, 1.165) is 56.4 Å². The lowest BCUT2D eigenvalue weighted by Crippen LogP contribution is -2.61. The highest BCUT2D eigenvalue weighted by Crippen LogP contribution is 2.55. The van der Waals surface area contributed by atoms with Crippen LogP contribution >= 0.6 is 0 Å². The minimum absolute atomic E-state index is 0.0148. The summed E-state index contributed by atoms with van der Waals surface area (Å²) >= 11 is 0. The van der Waals surface area contributed by atoms with Crippen LogP contribution in [0.25, 0.3) is 89.0 Å². The van der Waals surface area contributed by atoms with E-state index < -0.39 is 0 Å². The second-order valence-corrected chi connectivity index (χ2v) is 30.8. The van der Waals surface area contributed by atoms with Gasteiger partial charge in [0.05, 0.1) is 11.4 Å². The third-order valence-corrected chi connectivity index (χ3v) is 20.4. The third-order valence-electron chi connectivity index (χ3n) is 20.4. The molecule has 13 aromatic rings. The molecule has 0 saturated carbocycles. The van der Waals surface area contributed by atoms with E-state index in [2.05, 4.69) is 390 Å². The van der Waals surface area contributed by atoms with E-state index in [1.807, 2.05) is 0 Å². The summed E-state index contributed by atoms with van der Waals surface area (Å²) < 4.78 is 0. The van der Waals surface area contributed by atoms with Gasteiger partial charge in [0, 0.05) is 45.0 Å². The van der Waals surface area contributed by atoms with Crippen LogP contribution in [0.5, 0.6) is 0 Å². The van der Waals surface area contributed by atoms with Gasteiger partial charge in [0.15, 0.2) is 0 Å². The van der Waals surface area contributed by atoms with Gasteiger partial charge in [0.1, 0.15) is 0 Å². The summed E-state index contributed by atoms with van der Waals surface area (Å²) in [6, 6.07) is 113. The van der Waals surface area contributed by atoms with Gasteiger partial charge in [-0.3, -0.25) is 0 Å². The van der Waals surface area contributed by atoms with Crippen molar-refractivity contribution in [2.75, 3.05) is 9.80 Å². The number of anilines is 6. The van der Waals surface area contributed by atoms with E-state index >= 15 is 0 Å². The van der Waals surface area contributed by atoms with Crippen molar-refractivity contribution in [1.29, 1.82) is 0 Å². The fourth-order valence-electron chi connectivity index (χ4n) is 15.2. The topological polar surface area (TPSA) is 6.48 Å². The zero-order chi connectivity index (χ0) is 67.1. The molecule has 474 valence electrons. The van der Waals surface area contributed by atoms with Crippen LogP contribution in [-0.2, 0) is 21.7 Å². The lowest BCUT2D eigenvalue weighted by atomic mass is 9.33. The normalized spacial score (nSPS) is 12.9. The van der Waals surface area contributed by atoms with Crippen LogP contribution in [-0.4, -0.2) is 6.71 Å². The number of rotatable bonds is 10. The maximum absolute atomic E-state index is 2.65. The van der Waals surface area contributed by atoms with Crippen LogP contribution < -0.4 is 26.2 Å². The first-order valence-corrected chi connectivity index (χ1v) is 34.7. The van der Waals surface area contributed by atoms with Crippen molar-refractivity contribution in [3.05, 3.63) is 320 Å². The minimum atomic E-state index is -0.109. The van der Waals surface area contributed by atoms with E-state index in [0.29, 0.717) is 0 Å². The van der Waals surface area contributed by atoms with E-state index in [1.165, 1.54) is 105 Å². The molecule has 2 aliphatic rings. The first-order chi connectivity index (χ1) is 46.7. The molecule has 13 aromatic carbocycles. The highest BCUT2D eigenvalue weighted by molar-refractivity contribution is 7.00. The first-order valence-electron chi connectivity index (χ1n) is 34.7. The molecule has 0 saturated heterocycles. The zero-order valence-electron chi connectivity index (χ0n) is 58.3. The number of para-hydroxylation sites is 4. The van der Waals surface area contributed by atoms with Crippen molar-refractivity contribution >= 4 is 57.2 Å². The van der Waals surface area contributed by atoms with Crippen LogP contribution in [0.1, 0.15) is 105 Å². The van der Waals surface area contributed by atoms with Gasteiger partial charge >= 0.3 is 0 Å². The standard InChI is InChI=1S/C94H85BN2/c1-91(2,3)66-54-46-62(47-55-66)70-28-13-17-32-74(70)78-36-25-37-79(75-33-18-14-29-71(75)63-48-56-67(57-49-63)92(4,5)6)89(78)96-84-42-23-21-40-82(84)95-83-41-22-24-43-85(83)97(87-45-27-44-86(96)88(87)95)90-80(76-34-19-15-30-72(76)64-50-58-68(59-51-64)93(7,8)9)38-26-39-81(90)77-35-20-16-31-73(77)65-52-60-69(61-53-65)94(10,11)12/h13-61H,1-12H3. The Hall–Kier alpha value is -10.5. The molecule has 97 heavy (non-hydrogen) atoms. The average Bonchev–Trinajstić information content (AvgIpc) is 0.694. The van der Waals surface area contributed by atoms with Gasteiger partial charge in [-0.25, -0.2) is 0 Å². The molecule has 0 N–H and O–H groups in total. The van der Waals surface area contributed by atoms with Crippen LogP contribution in [0.2, 0.25) is 0 Å². The van der Waals surface area contributed by atoms with Crippen molar-refractivity contribution < 1.29 is 0 Å². The Kier molecular flexibility index (Phi) is 15.7. The summed E-state index contributed by atoms with van der Waals surface area (Å²) in [4.78, 5) is 5.31. The molecule has 0 aromatic heterocycles. The van der Waals surface area contributed by atoms with Crippen molar-refractivity contribution in [2.24, 2.45) is 0 Å². The van der Waals surface area contributed by atoms with Crippen molar-refractivity contribution in [2.45, 2.75) is 105 Å². The molecular formula is C94H85BN2. The second-order valence-electron chi connectivity index (χ2n) is 30.8. The van der Waals surface area contributed by atoms with Crippen LogP contribution in [0.15, 0.2) is 297 Å². The van der Waals surface area contributed by atoms with E-state index in [4.69, 9.17) is 0 Å². The highest BCUT2D eigenvalue weighted by atomic mass is 15.2. The van der Waals surface area contributed by atoms with Gasteiger partial charge in [-0.15, -0.1) is 0 Å². The van der Waals surface area contributed by atoms with Crippen molar-refractivity contribution in [3.8, 4) is 89.0 Å². The average molecular weight is 1250 g/mol. The molecule has 0 radical (unpaired) electrons. The maximum atomic E-state index is 2.65. The Labute approximate surface area is 576 Å². The van der Waals surface area contributed by atoms with Gasteiger partial charge in [-0.05, 0) is 151 Å². The molecule has 0 spiro atoms. The highest BCUT2D eigenvalue weighted by Gasteiger charge is 2.45. The van der Waals surface area contributed by atoms with Crippen LogP contribution in [0, 0.1) is 0 Å². The molecule has 0 aliphatic carbocycles. The molecule has 0 atom stereocenters. The molecular weight excluding hydrogens is 1170 g/mol. The summed E-state index contributed by atoms with van der Waals surface area (Å²) in [6.07, 6.45) is 0. The minimum Gasteiger partial charge on any atom is -0.310 e. The summed E-state index contributed by atoms with van der Waals surface area (Å²) in [5.41, 5.74) is 34.7. The quantitative estimate of drug-likeness (QED) is 0.126. The number of hydrogen-bond donors (Lipinski definition) is 0. The fourth-order valence-corrected chi connectivity index (χ4v) is 15.2. The summed E-state index contributed by atoms with van der Waals surface area (Å²) in [7, 11) is 0. The monoisotopic (exact) mass is 1250 g/mol. The van der Waals surface area contributed by atoms with Crippen molar-refractivity contribution in [1.82, 2.24) is 0 Å². The Morgan fingerprint density at radius 1 is 0.196 bits per heavy atom. The largest absolute Gasteiger partial charge is 0.310 e. The SMILES string of the molecule is CC(C)(C)c1ccc(-c2ccccc2-c2cccc(-c3ccccc3-c3ccc(C(C)(C)C)cc3)c2N2c3ccccc3B3c4ccccc4N(c4c(-c5ccccc5-c5ccc(C(C)(C)C)cc5)cccc4-c4ccccc4-c4ccc(C(C)(C)C)cc4)c4cccc2c43)cc1. The van der Waals surface area contributed by atoms with Gasteiger partial charge in [-0.1, -0.05) is 356 Å². The molecule has 0 amide bonds. The van der Waals surface area contributed by atoms with Gasteiger partial charge < -0.3 is 9.80 Å². The fraction of sp³-hybridized carbons (Fsp3) is 0.170. The number of nitrogens with zero attached hydrogens (tertiary/aromatic N) is 2. The van der Waals surface area contributed by atoms with E-state index in [9.17, 15) is 0 Å². The molecule has 0 bridgehead atoms. The predicted molar refractivity (Wildman–Crippen MR) is 419 cm³/mol. The molecule has 2 heterocycles. The van der Waals surface area contributed by atoms with E-state index in [1.54, 1.807) is 0 Å². The molecule has 3 heteroatoms. The van der Waals surface area contributed by atoms with Gasteiger partial charge in [-0.2, -0.15) is 0 Å². The van der Waals surface area contributed by atoms with Gasteiger partial charge in [0.2, 0.25) is 0 Å². The molecule has 2 nitrogen and oxygen atoms in total. The van der Waals surface area contributed by atoms with E-state index in [-0.39, 0.29) is 28.4 Å². The smallest absolute Gasteiger partial charge is 0.252 e. The molecule has 0 unspecified atom stereocenters. The number of hydrogen-bond acceptors (Lipinski definition) is 2. The maximum Gasteiger partial charge on any atom is 0.252 e. The predicted octanol–water partition coefficient (Wildman–Crippen LogP) is 24.3. The summed E-state index contributed by atoms with van der Waals surface area (Å²) in [5.74, 6) is 0. The number of fused-ring (bicyclic) bond motifs is 4. The van der Waals surface area contributed by atoms with Crippen molar-refractivity contribution in [3.63, 3.8) is 0 Å². The molecule has 15 rings (SSSR count). The van der Waals surface area contributed by atoms with Crippen LogP contribution in [0.3, 0.4) is 0 Å². The zero-order valence-corrected chi connectivity index (χ0v) is 58.3. The third kappa shape index (κ3) is 11.3. The Balaban J connectivity index is 1.02. The molecule has 2 aliphatic heterocycles. The van der Waals surface area contributed by atoms with Crippen LogP contribution in [0.4, 0.5) is 34.1 Å². The second kappa shape index (κ2) is 24.3.